The van der Waals surface area contributed by atoms with E-state index in [1.165, 1.54) is 0 Å². The van der Waals surface area contributed by atoms with E-state index in [9.17, 15) is 9.90 Å². The number of ether oxygens (including phenoxy) is 1. The van der Waals surface area contributed by atoms with Crippen LogP contribution in [0, 0.1) is 5.41 Å². The van der Waals surface area contributed by atoms with Crippen molar-refractivity contribution in [2.45, 2.75) is 26.3 Å². The second-order valence-corrected chi connectivity index (χ2v) is 5.79. The van der Waals surface area contributed by atoms with Gasteiger partial charge in [0.05, 0.1) is 12.5 Å². The topological polar surface area (TPSA) is 49.8 Å². The summed E-state index contributed by atoms with van der Waals surface area (Å²) in [7, 11) is 1.63. The summed E-state index contributed by atoms with van der Waals surface area (Å²) in [4.78, 5) is 13.6. The standard InChI is InChI=1S/C15H20ClNO3/c1-3-15(14(18)19)6-7-17(10-15)9-11-8-12(16)4-5-13(11)20-2/h4-5,8H,3,6-7,9-10H2,1-2H3,(H,18,19). The van der Waals surface area contributed by atoms with E-state index >= 15 is 0 Å². The highest BCUT2D eigenvalue weighted by Gasteiger charge is 2.43. The highest BCUT2D eigenvalue weighted by atomic mass is 35.5. The van der Waals surface area contributed by atoms with Gasteiger partial charge in [-0.05, 0) is 37.6 Å². The van der Waals surface area contributed by atoms with Gasteiger partial charge in [0.2, 0.25) is 0 Å². The van der Waals surface area contributed by atoms with Gasteiger partial charge in [0.15, 0.2) is 0 Å². The van der Waals surface area contributed by atoms with Gasteiger partial charge in [0, 0.05) is 23.7 Å². The van der Waals surface area contributed by atoms with E-state index in [1.807, 2.05) is 19.1 Å². The third-order valence-corrected chi connectivity index (χ3v) is 4.43. The molecule has 0 saturated carbocycles. The number of halogens is 1. The molecule has 0 bridgehead atoms. The van der Waals surface area contributed by atoms with Crippen LogP contribution in [0.15, 0.2) is 18.2 Å². The number of nitrogens with zero attached hydrogens (tertiary/aromatic N) is 1. The molecule has 0 spiro atoms. The zero-order valence-electron chi connectivity index (χ0n) is 11.9. The fraction of sp³-hybridized carbons (Fsp3) is 0.533. The fourth-order valence-corrected chi connectivity index (χ4v) is 3.01. The molecule has 1 aromatic carbocycles. The summed E-state index contributed by atoms with van der Waals surface area (Å²) in [5.74, 6) is 0.0966. The summed E-state index contributed by atoms with van der Waals surface area (Å²) in [6.45, 7) is 3.97. The Labute approximate surface area is 124 Å². The number of rotatable bonds is 5. The molecule has 0 radical (unpaired) electrons. The minimum absolute atomic E-state index is 0.578. The van der Waals surface area contributed by atoms with E-state index in [0.29, 0.717) is 31.0 Å². The number of hydrogen-bond acceptors (Lipinski definition) is 3. The van der Waals surface area contributed by atoms with Crippen molar-refractivity contribution in [3.05, 3.63) is 28.8 Å². The molecular weight excluding hydrogens is 278 g/mol. The van der Waals surface area contributed by atoms with Crippen LogP contribution in [-0.2, 0) is 11.3 Å². The van der Waals surface area contributed by atoms with Crippen LogP contribution >= 0.6 is 11.6 Å². The average molecular weight is 298 g/mol. The number of benzene rings is 1. The van der Waals surface area contributed by atoms with Gasteiger partial charge in [0.25, 0.3) is 0 Å². The van der Waals surface area contributed by atoms with E-state index in [0.717, 1.165) is 17.9 Å². The Morgan fingerprint density at radius 3 is 2.85 bits per heavy atom. The first-order valence-corrected chi connectivity index (χ1v) is 7.17. The second kappa shape index (κ2) is 6.02. The van der Waals surface area contributed by atoms with Crippen molar-refractivity contribution >= 4 is 17.6 Å². The number of methoxy groups -OCH3 is 1. The Morgan fingerprint density at radius 1 is 1.55 bits per heavy atom. The van der Waals surface area contributed by atoms with Gasteiger partial charge in [-0.15, -0.1) is 0 Å². The smallest absolute Gasteiger partial charge is 0.310 e. The zero-order chi connectivity index (χ0) is 14.8. The van der Waals surface area contributed by atoms with Crippen LogP contribution in [0.3, 0.4) is 0 Å². The average Bonchev–Trinajstić information content (AvgIpc) is 2.84. The number of carbonyl (C=O) groups is 1. The van der Waals surface area contributed by atoms with Crippen LogP contribution in [-0.4, -0.2) is 36.2 Å². The first kappa shape index (κ1) is 15.1. The van der Waals surface area contributed by atoms with E-state index < -0.39 is 11.4 Å². The molecule has 4 nitrogen and oxygen atoms in total. The molecule has 20 heavy (non-hydrogen) atoms. The Bertz CT molecular complexity index is 506. The van der Waals surface area contributed by atoms with Crippen LogP contribution in [0.4, 0.5) is 0 Å². The summed E-state index contributed by atoms with van der Waals surface area (Å²) in [6.07, 6.45) is 1.35. The number of hydrogen-bond donors (Lipinski definition) is 1. The molecule has 1 aliphatic heterocycles. The predicted octanol–water partition coefficient (Wildman–Crippen LogP) is 3.04. The van der Waals surface area contributed by atoms with Crippen molar-refractivity contribution in [2.24, 2.45) is 5.41 Å². The first-order chi connectivity index (χ1) is 9.50. The number of likely N-dealkylation sites (tertiary alicyclic amines) is 1. The van der Waals surface area contributed by atoms with E-state index in [2.05, 4.69) is 4.90 Å². The number of carboxylic acid groups (broad SMARTS) is 1. The molecule has 1 heterocycles. The summed E-state index contributed by atoms with van der Waals surface area (Å²) in [5.41, 5.74) is 0.392. The number of carboxylic acids is 1. The normalized spacial score (nSPS) is 22.9. The largest absolute Gasteiger partial charge is 0.496 e. The van der Waals surface area contributed by atoms with Crippen LogP contribution in [0.2, 0.25) is 5.02 Å². The van der Waals surface area contributed by atoms with Crippen molar-refractivity contribution in [2.75, 3.05) is 20.2 Å². The number of aliphatic carboxylic acids is 1. The molecule has 0 aromatic heterocycles. The molecule has 1 aliphatic rings. The lowest BCUT2D eigenvalue weighted by Gasteiger charge is -2.23. The van der Waals surface area contributed by atoms with Gasteiger partial charge < -0.3 is 9.84 Å². The summed E-state index contributed by atoms with van der Waals surface area (Å²) in [6, 6.07) is 5.52. The summed E-state index contributed by atoms with van der Waals surface area (Å²) in [5, 5.41) is 10.1. The van der Waals surface area contributed by atoms with Crippen LogP contribution in [0.1, 0.15) is 25.3 Å². The highest BCUT2D eigenvalue weighted by molar-refractivity contribution is 6.30. The maximum atomic E-state index is 11.5. The van der Waals surface area contributed by atoms with E-state index in [-0.39, 0.29) is 0 Å². The van der Waals surface area contributed by atoms with Crippen LogP contribution < -0.4 is 4.74 Å². The first-order valence-electron chi connectivity index (χ1n) is 6.79. The molecule has 1 atom stereocenters. The molecule has 0 amide bonds. The molecule has 5 heteroatoms. The lowest BCUT2D eigenvalue weighted by molar-refractivity contribution is -0.148. The molecule has 1 unspecified atom stereocenters. The highest BCUT2D eigenvalue weighted by Crippen LogP contribution is 2.36. The Hall–Kier alpha value is -1.26. The third-order valence-electron chi connectivity index (χ3n) is 4.20. The van der Waals surface area contributed by atoms with Gasteiger partial charge in [-0.25, -0.2) is 0 Å². The Kier molecular flexibility index (Phi) is 4.55. The summed E-state index contributed by atoms with van der Waals surface area (Å²) < 4.78 is 5.33. The summed E-state index contributed by atoms with van der Waals surface area (Å²) >= 11 is 6.02. The van der Waals surface area contributed by atoms with Crippen molar-refractivity contribution in [3.8, 4) is 5.75 Å². The predicted molar refractivity (Wildman–Crippen MR) is 78.3 cm³/mol. The van der Waals surface area contributed by atoms with Gasteiger partial charge in [-0.1, -0.05) is 18.5 Å². The minimum atomic E-state index is -0.694. The fourth-order valence-electron chi connectivity index (χ4n) is 2.82. The molecule has 0 aliphatic carbocycles. The molecule has 1 fully saturated rings. The molecule has 1 saturated heterocycles. The maximum Gasteiger partial charge on any atom is 0.310 e. The van der Waals surface area contributed by atoms with Crippen LogP contribution in [0.25, 0.3) is 0 Å². The molecule has 110 valence electrons. The van der Waals surface area contributed by atoms with Gasteiger partial charge in [-0.3, -0.25) is 9.69 Å². The minimum Gasteiger partial charge on any atom is -0.496 e. The zero-order valence-corrected chi connectivity index (χ0v) is 12.6. The van der Waals surface area contributed by atoms with Crippen molar-refractivity contribution in [1.82, 2.24) is 4.90 Å². The Balaban J connectivity index is 2.13. The van der Waals surface area contributed by atoms with Crippen molar-refractivity contribution < 1.29 is 14.6 Å². The maximum absolute atomic E-state index is 11.5. The molecular formula is C15H20ClNO3. The second-order valence-electron chi connectivity index (χ2n) is 5.36. The third kappa shape index (κ3) is 2.91. The van der Waals surface area contributed by atoms with E-state index in [4.69, 9.17) is 16.3 Å². The van der Waals surface area contributed by atoms with Crippen LogP contribution in [0.5, 0.6) is 5.75 Å². The lowest BCUT2D eigenvalue weighted by Crippen LogP contribution is -2.33. The van der Waals surface area contributed by atoms with Gasteiger partial charge in [-0.2, -0.15) is 0 Å². The monoisotopic (exact) mass is 297 g/mol. The van der Waals surface area contributed by atoms with Crippen molar-refractivity contribution in [3.63, 3.8) is 0 Å². The lowest BCUT2D eigenvalue weighted by atomic mass is 9.84. The Morgan fingerprint density at radius 2 is 2.30 bits per heavy atom. The molecule has 1 aromatic rings. The molecule has 1 N–H and O–H groups in total. The quantitative estimate of drug-likeness (QED) is 0.907. The SMILES string of the molecule is CCC1(C(=O)O)CCN(Cc2cc(Cl)ccc2OC)C1. The van der Waals surface area contributed by atoms with E-state index in [1.54, 1.807) is 13.2 Å². The van der Waals surface area contributed by atoms with Gasteiger partial charge in [0.1, 0.15) is 5.75 Å². The van der Waals surface area contributed by atoms with Gasteiger partial charge >= 0.3 is 5.97 Å². The van der Waals surface area contributed by atoms with Crippen molar-refractivity contribution in [1.29, 1.82) is 0 Å². The molecule has 2 rings (SSSR count).